The number of benzene rings is 1. The van der Waals surface area contributed by atoms with Gasteiger partial charge in [0, 0.05) is 13.6 Å². The van der Waals surface area contributed by atoms with Crippen LogP contribution in [0.25, 0.3) is 0 Å². The molecule has 0 radical (unpaired) electrons. The third-order valence-electron chi connectivity index (χ3n) is 2.51. The molecule has 0 saturated carbocycles. The highest BCUT2D eigenvalue weighted by Crippen LogP contribution is 2.22. The summed E-state index contributed by atoms with van der Waals surface area (Å²) in [5, 5.41) is 18.3. The fraction of sp³-hybridized carbons (Fsp3) is 0.154. The van der Waals surface area contributed by atoms with E-state index >= 15 is 0 Å². The second-order valence-corrected chi connectivity index (χ2v) is 4.99. The average Bonchev–Trinajstić information content (AvgIpc) is 2.89. The van der Waals surface area contributed by atoms with Gasteiger partial charge < -0.3 is 10.0 Å². The molecule has 1 heterocycles. The van der Waals surface area contributed by atoms with Crippen LogP contribution in [-0.4, -0.2) is 23.1 Å². The molecular weight excluding hydrogens is 262 g/mol. The van der Waals surface area contributed by atoms with E-state index in [0.29, 0.717) is 17.2 Å². The van der Waals surface area contributed by atoms with Crippen LogP contribution in [0.2, 0.25) is 0 Å². The third-order valence-corrected chi connectivity index (χ3v) is 3.61. The standard InChI is InChI=1S/C13H11N3O2S/c1-16(13-15-7-11(19-13)12(17)18)8-10-4-2-3-9(5-10)6-14/h2-5,7H,8H2,1H3,(H,17,18). The van der Waals surface area contributed by atoms with Crippen LogP contribution in [0.3, 0.4) is 0 Å². The first kappa shape index (κ1) is 13.1. The molecule has 2 aromatic rings. The molecule has 6 heteroatoms. The van der Waals surface area contributed by atoms with Crippen molar-refractivity contribution < 1.29 is 9.90 Å². The Kier molecular flexibility index (Phi) is 3.78. The molecule has 96 valence electrons. The Hall–Kier alpha value is -2.39. The molecule has 1 N–H and O–H groups in total. The summed E-state index contributed by atoms with van der Waals surface area (Å²) in [6.45, 7) is 0.572. The van der Waals surface area contributed by atoms with E-state index in [2.05, 4.69) is 11.1 Å². The van der Waals surface area contributed by atoms with Gasteiger partial charge in [-0.3, -0.25) is 0 Å². The summed E-state index contributed by atoms with van der Waals surface area (Å²) in [7, 11) is 1.84. The van der Waals surface area contributed by atoms with Gasteiger partial charge in [-0.2, -0.15) is 5.26 Å². The number of anilines is 1. The van der Waals surface area contributed by atoms with Gasteiger partial charge in [-0.05, 0) is 17.7 Å². The number of carbonyl (C=O) groups is 1. The molecule has 0 spiro atoms. The van der Waals surface area contributed by atoms with Gasteiger partial charge in [-0.25, -0.2) is 9.78 Å². The molecular formula is C13H11N3O2S. The SMILES string of the molecule is CN(Cc1cccc(C#N)c1)c1ncc(C(=O)O)s1. The van der Waals surface area contributed by atoms with E-state index in [0.717, 1.165) is 16.9 Å². The summed E-state index contributed by atoms with van der Waals surface area (Å²) >= 11 is 1.13. The lowest BCUT2D eigenvalue weighted by atomic mass is 10.1. The summed E-state index contributed by atoms with van der Waals surface area (Å²) in [6.07, 6.45) is 1.35. The van der Waals surface area contributed by atoms with Gasteiger partial charge in [-0.1, -0.05) is 23.5 Å². The molecule has 0 atom stereocenters. The minimum absolute atomic E-state index is 0.215. The highest BCUT2D eigenvalue weighted by atomic mass is 32.1. The van der Waals surface area contributed by atoms with Gasteiger partial charge >= 0.3 is 5.97 Å². The fourth-order valence-corrected chi connectivity index (χ4v) is 2.34. The molecule has 19 heavy (non-hydrogen) atoms. The first-order chi connectivity index (χ1) is 9.10. The van der Waals surface area contributed by atoms with Crippen molar-refractivity contribution in [2.24, 2.45) is 0 Å². The predicted molar refractivity (Wildman–Crippen MR) is 72.3 cm³/mol. The minimum atomic E-state index is -0.969. The molecule has 0 bridgehead atoms. The van der Waals surface area contributed by atoms with Crippen LogP contribution in [0.15, 0.2) is 30.5 Å². The molecule has 1 aromatic carbocycles. The molecule has 0 aliphatic rings. The van der Waals surface area contributed by atoms with E-state index in [1.54, 1.807) is 6.07 Å². The Bertz CT molecular complexity index is 645. The Morgan fingerprint density at radius 3 is 3.00 bits per heavy atom. The zero-order chi connectivity index (χ0) is 13.8. The van der Waals surface area contributed by atoms with Crippen molar-refractivity contribution in [1.29, 1.82) is 5.26 Å². The third kappa shape index (κ3) is 3.09. The summed E-state index contributed by atoms with van der Waals surface area (Å²) in [5.41, 5.74) is 1.59. The van der Waals surface area contributed by atoms with Crippen LogP contribution < -0.4 is 4.90 Å². The van der Waals surface area contributed by atoms with Crippen molar-refractivity contribution in [3.8, 4) is 6.07 Å². The molecule has 0 saturated heterocycles. The zero-order valence-electron chi connectivity index (χ0n) is 10.2. The number of aromatic nitrogens is 1. The van der Waals surface area contributed by atoms with Crippen LogP contribution in [-0.2, 0) is 6.54 Å². The molecule has 2 rings (SSSR count). The first-order valence-electron chi connectivity index (χ1n) is 5.49. The second kappa shape index (κ2) is 5.50. The Morgan fingerprint density at radius 2 is 2.37 bits per heavy atom. The minimum Gasteiger partial charge on any atom is -0.477 e. The van der Waals surface area contributed by atoms with Crippen molar-refractivity contribution in [1.82, 2.24) is 4.98 Å². The van der Waals surface area contributed by atoms with Crippen molar-refractivity contribution in [2.45, 2.75) is 6.54 Å². The first-order valence-corrected chi connectivity index (χ1v) is 6.31. The summed E-state index contributed by atoms with van der Waals surface area (Å²) in [6, 6.07) is 9.39. The lowest BCUT2D eigenvalue weighted by molar-refractivity contribution is 0.0702. The van der Waals surface area contributed by atoms with Crippen LogP contribution in [0, 0.1) is 11.3 Å². The number of nitriles is 1. The van der Waals surface area contributed by atoms with E-state index in [1.807, 2.05) is 30.1 Å². The van der Waals surface area contributed by atoms with Gasteiger partial charge in [-0.15, -0.1) is 0 Å². The number of carboxylic acid groups (broad SMARTS) is 1. The monoisotopic (exact) mass is 273 g/mol. The molecule has 5 nitrogen and oxygen atoms in total. The maximum atomic E-state index is 10.8. The Morgan fingerprint density at radius 1 is 1.58 bits per heavy atom. The molecule has 0 aliphatic heterocycles. The van der Waals surface area contributed by atoms with E-state index in [1.165, 1.54) is 6.20 Å². The number of nitrogens with zero attached hydrogens (tertiary/aromatic N) is 3. The van der Waals surface area contributed by atoms with E-state index < -0.39 is 5.97 Å². The Labute approximate surface area is 114 Å². The molecule has 0 amide bonds. The number of aromatic carboxylic acids is 1. The largest absolute Gasteiger partial charge is 0.477 e. The van der Waals surface area contributed by atoms with Gasteiger partial charge in [0.25, 0.3) is 0 Å². The number of carboxylic acids is 1. The van der Waals surface area contributed by atoms with E-state index in [-0.39, 0.29) is 4.88 Å². The van der Waals surface area contributed by atoms with E-state index in [9.17, 15) is 4.79 Å². The summed E-state index contributed by atoms with van der Waals surface area (Å²) < 4.78 is 0. The lowest BCUT2D eigenvalue weighted by Gasteiger charge is -2.15. The van der Waals surface area contributed by atoms with Crippen LogP contribution in [0.5, 0.6) is 0 Å². The van der Waals surface area contributed by atoms with Gasteiger partial charge in [0.05, 0.1) is 17.8 Å². The summed E-state index contributed by atoms with van der Waals surface area (Å²) in [4.78, 5) is 16.9. The average molecular weight is 273 g/mol. The molecule has 0 aliphatic carbocycles. The highest BCUT2D eigenvalue weighted by Gasteiger charge is 2.12. The van der Waals surface area contributed by atoms with Crippen LogP contribution >= 0.6 is 11.3 Å². The van der Waals surface area contributed by atoms with Gasteiger partial charge in [0.1, 0.15) is 4.88 Å². The van der Waals surface area contributed by atoms with Gasteiger partial charge in [0.2, 0.25) is 0 Å². The van der Waals surface area contributed by atoms with Crippen LogP contribution in [0.4, 0.5) is 5.13 Å². The Balaban J connectivity index is 2.13. The highest BCUT2D eigenvalue weighted by molar-refractivity contribution is 7.17. The van der Waals surface area contributed by atoms with Gasteiger partial charge in [0.15, 0.2) is 5.13 Å². The lowest BCUT2D eigenvalue weighted by Crippen LogP contribution is -2.15. The van der Waals surface area contributed by atoms with Crippen LogP contribution in [0.1, 0.15) is 20.8 Å². The quantitative estimate of drug-likeness (QED) is 0.925. The van der Waals surface area contributed by atoms with Crippen molar-refractivity contribution in [3.05, 3.63) is 46.5 Å². The number of hydrogen-bond acceptors (Lipinski definition) is 5. The zero-order valence-corrected chi connectivity index (χ0v) is 11.0. The molecule has 0 fully saturated rings. The van der Waals surface area contributed by atoms with E-state index in [4.69, 9.17) is 10.4 Å². The van der Waals surface area contributed by atoms with Crippen molar-refractivity contribution >= 4 is 22.4 Å². The van der Waals surface area contributed by atoms with Crippen molar-refractivity contribution in [3.63, 3.8) is 0 Å². The fourth-order valence-electron chi connectivity index (χ4n) is 1.62. The number of thiazole rings is 1. The topological polar surface area (TPSA) is 77.2 Å². The van der Waals surface area contributed by atoms with Crippen molar-refractivity contribution in [2.75, 3.05) is 11.9 Å². The maximum absolute atomic E-state index is 10.8. The molecule has 0 unspecified atom stereocenters. The number of rotatable bonds is 4. The number of hydrogen-bond donors (Lipinski definition) is 1. The predicted octanol–water partition coefficient (Wildman–Crippen LogP) is 2.35. The normalized spacial score (nSPS) is 9.89. The summed E-state index contributed by atoms with van der Waals surface area (Å²) in [5.74, 6) is -0.969. The second-order valence-electron chi connectivity index (χ2n) is 3.98. The smallest absolute Gasteiger partial charge is 0.347 e. The maximum Gasteiger partial charge on any atom is 0.347 e. The molecule has 1 aromatic heterocycles.